The Morgan fingerprint density at radius 3 is 2.10 bits per heavy atom. The quantitative estimate of drug-likeness (QED) is 0.475. The van der Waals surface area contributed by atoms with Gasteiger partial charge in [-0.1, -0.05) is 0 Å². The monoisotopic (exact) mass is 408 g/mol. The number of amides is 1. The van der Waals surface area contributed by atoms with Gasteiger partial charge in [0.25, 0.3) is 5.91 Å². The molecule has 0 unspecified atom stereocenters. The number of β-lactam (4-membered cyclic amide) rings is 1. The lowest BCUT2D eigenvalue weighted by Crippen LogP contribution is -2.73. The summed E-state index contributed by atoms with van der Waals surface area (Å²) in [4.78, 5) is 44.6. The van der Waals surface area contributed by atoms with Gasteiger partial charge in [-0.15, -0.1) is 0 Å². The van der Waals surface area contributed by atoms with Gasteiger partial charge in [-0.05, 0) is 24.3 Å². The van der Waals surface area contributed by atoms with Gasteiger partial charge in [0.15, 0.2) is 12.2 Å². The van der Waals surface area contributed by atoms with Crippen LogP contribution in [0.1, 0.15) is 0 Å². The molecule has 158 valence electrons. The highest BCUT2D eigenvalue weighted by atomic mass is 16.7. The van der Waals surface area contributed by atoms with Gasteiger partial charge in [0.1, 0.15) is 11.7 Å². The number of likely N-dealkylation sites (N-methyl/N-ethyl adjacent to an activating group) is 1. The number of ether oxygens (including phenoxy) is 4. The van der Waals surface area contributed by atoms with Crippen LogP contribution in [-0.2, 0) is 33.4 Å². The van der Waals surface area contributed by atoms with E-state index in [1.807, 2.05) is 0 Å². The smallest absolute Gasteiger partial charge is 0.338 e. The first-order chi connectivity index (χ1) is 13.9. The number of hydroxylamine groups is 2. The van der Waals surface area contributed by atoms with Crippen LogP contribution in [0, 0.1) is 5.92 Å². The standard InChI is InChI=1S/C19H24N2O8/c1-20-13(12(18(23)27-4)15(29-20)19(24)28-5)14-16(26-3)17(22)21(14)10-6-8-11(25-2)9-7-10/h6-9,12-16H,1-5H3/t12-,13+,14+,15-,16-/m1/s1. The number of benzene rings is 1. The lowest BCUT2D eigenvalue weighted by atomic mass is 9.81. The molecule has 2 aliphatic heterocycles. The Balaban J connectivity index is 1.99. The number of hydrogen-bond acceptors (Lipinski definition) is 9. The molecule has 1 amide bonds. The van der Waals surface area contributed by atoms with E-state index in [1.54, 1.807) is 38.4 Å². The minimum absolute atomic E-state index is 0.263. The maximum Gasteiger partial charge on any atom is 0.338 e. The summed E-state index contributed by atoms with van der Waals surface area (Å²) in [5.74, 6) is -1.97. The predicted octanol–water partition coefficient (Wildman–Crippen LogP) is 0.00180. The second-order valence-electron chi connectivity index (χ2n) is 6.69. The molecule has 2 fully saturated rings. The molecule has 10 nitrogen and oxygen atoms in total. The van der Waals surface area contributed by atoms with Crippen molar-refractivity contribution in [1.82, 2.24) is 5.06 Å². The van der Waals surface area contributed by atoms with Gasteiger partial charge < -0.3 is 23.8 Å². The average Bonchev–Trinajstić information content (AvgIpc) is 3.07. The van der Waals surface area contributed by atoms with Gasteiger partial charge in [-0.3, -0.25) is 14.4 Å². The van der Waals surface area contributed by atoms with E-state index < -0.39 is 42.1 Å². The molecule has 2 aliphatic rings. The largest absolute Gasteiger partial charge is 0.497 e. The third-order valence-electron chi connectivity index (χ3n) is 5.34. The molecule has 3 rings (SSSR count). The van der Waals surface area contributed by atoms with Crippen molar-refractivity contribution in [3.05, 3.63) is 24.3 Å². The van der Waals surface area contributed by atoms with Crippen molar-refractivity contribution >= 4 is 23.5 Å². The third kappa shape index (κ3) is 3.43. The van der Waals surface area contributed by atoms with E-state index in [0.717, 1.165) is 0 Å². The number of carbonyl (C=O) groups is 3. The molecule has 0 bridgehead atoms. The highest BCUT2D eigenvalue weighted by Crippen LogP contribution is 2.41. The minimum Gasteiger partial charge on any atom is -0.497 e. The maximum absolute atomic E-state index is 12.7. The maximum atomic E-state index is 12.7. The fourth-order valence-electron chi connectivity index (χ4n) is 3.95. The van der Waals surface area contributed by atoms with Crippen LogP contribution >= 0.6 is 0 Å². The van der Waals surface area contributed by atoms with Crippen molar-refractivity contribution in [2.24, 2.45) is 5.92 Å². The number of esters is 2. The van der Waals surface area contributed by atoms with Crippen LogP contribution in [0.5, 0.6) is 5.75 Å². The molecule has 0 N–H and O–H groups in total. The number of anilines is 1. The lowest BCUT2D eigenvalue weighted by molar-refractivity contribution is -0.185. The first-order valence-corrected chi connectivity index (χ1v) is 8.94. The first kappa shape index (κ1) is 21.0. The number of rotatable bonds is 6. The lowest BCUT2D eigenvalue weighted by Gasteiger charge is -2.50. The molecule has 10 heteroatoms. The highest BCUT2D eigenvalue weighted by molar-refractivity contribution is 6.05. The Bertz CT molecular complexity index is 783. The molecular weight excluding hydrogens is 384 g/mol. The Labute approximate surface area is 168 Å². The van der Waals surface area contributed by atoms with Crippen LogP contribution in [-0.4, -0.2) is 82.7 Å². The molecule has 0 aliphatic carbocycles. The third-order valence-corrected chi connectivity index (χ3v) is 5.34. The minimum atomic E-state index is -1.19. The number of nitrogens with zero attached hydrogens (tertiary/aromatic N) is 2. The summed E-state index contributed by atoms with van der Waals surface area (Å²) in [6.45, 7) is 0. The molecule has 29 heavy (non-hydrogen) atoms. The van der Waals surface area contributed by atoms with Gasteiger partial charge in [-0.2, -0.15) is 5.06 Å². The van der Waals surface area contributed by atoms with Crippen LogP contribution in [0.4, 0.5) is 5.69 Å². The molecule has 0 saturated carbocycles. The van der Waals surface area contributed by atoms with E-state index in [4.69, 9.17) is 23.8 Å². The number of carbonyl (C=O) groups excluding carboxylic acids is 3. The summed E-state index contributed by atoms with van der Waals surface area (Å²) < 4.78 is 20.2. The van der Waals surface area contributed by atoms with Gasteiger partial charge in [0, 0.05) is 19.8 Å². The zero-order valence-corrected chi connectivity index (χ0v) is 16.9. The first-order valence-electron chi connectivity index (χ1n) is 8.94. The zero-order valence-electron chi connectivity index (χ0n) is 16.9. The van der Waals surface area contributed by atoms with Crippen molar-refractivity contribution in [2.75, 3.05) is 40.4 Å². The second kappa shape index (κ2) is 8.36. The van der Waals surface area contributed by atoms with Crippen molar-refractivity contribution in [3.8, 4) is 5.75 Å². The fourth-order valence-corrected chi connectivity index (χ4v) is 3.95. The van der Waals surface area contributed by atoms with Gasteiger partial charge in [0.05, 0.1) is 33.4 Å². The Kier molecular flexibility index (Phi) is 6.06. The summed E-state index contributed by atoms with van der Waals surface area (Å²) in [6.07, 6.45) is -2.00. The van der Waals surface area contributed by atoms with Crippen molar-refractivity contribution in [1.29, 1.82) is 0 Å². The Morgan fingerprint density at radius 2 is 1.59 bits per heavy atom. The zero-order chi connectivity index (χ0) is 21.3. The molecule has 2 heterocycles. The van der Waals surface area contributed by atoms with Crippen molar-refractivity contribution in [2.45, 2.75) is 24.3 Å². The van der Waals surface area contributed by atoms with Gasteiger partial charge in [-0.25, -0.2) is 4.79 Å². The molecule has 1 aromatic rings. The topological polar surface area (TPSA) is 104 Å². The molecule has 5 atom stereocenters. The van der Waals surface area contributed by atoms with Crippen LogP contribution in [0.2, 0.25) is 0 Å². The molecule has 0 radical (unpaired) electrons. The van der Waals surface area contributed by atoms with Crippen LogP contribution in [0.15, 0.2) is 24.3 Å². The molecular formula is C19H24N2O8. The van der Waals surface area contributed by atoms with Crippen molar-refractivity contribution in [3.63, 3.8) is 0 Å². The molecule has 0 aromatic heterocycles. The van der Waals surface area contributed by atoms with E-state index in [0.29, 0.717) is 11.4 Å². The van der Waals surface area contributed by atoms with E-state index in [2.05, 4.69) is 0 Å². The van der Waals surface area contributed by atoms with Crippen molar-refractivity contribution < 1.29 is 38.2 Å². The summed E-state index contributed by atoms with van der Waals surface area (Å²) in [6, 6.07) is 5.63. The van der Waals surface area contributed by atoms with Crippen LogP contribution < -0.4 is 9.64 Å². The summed E-state index contributed by atoms with van der Waals surface area (Å²) in [5, 5.41) is 1.39. The number of hydrogen-bond donors (Lipinski definition) is 0. The SMILES string of the molecule is COC(=O)[C@@H]1[C@@H]([C@H]2[C@@H](OC)C(=O)N2c2ccc(OC)cc2)N(C)O[C@H]1C(=O)OC. The normalized spacial score (nSPS) is 29.3. The van der Waals surface area contributed by atoms with Crippen LogP contribution in [0.3, 0.4) is 0 Å². The second-order valence-corrected chi connectivity index (χ2v) is 6.69. The van der Waals surface area contributed by atoms with Crippen LogP contribution in [0.25, 0.3) is 0 Å². The van der Waals surface area contributed by atoms with Gasteiger partial charge >= 0.3 is 11.9 Å². The number of methoxy groups -OCH3 is 4. The van der Waals surface area contributed by atoms with E-state index in [1.165, 1.54) is 31.3 Å². The van der Waals surface area contributed by atoms with E-state index in [9.17, 15) is 14.4 Å². The summed E-state index contributed by atoms with van der Waals surface area (Å²) in [7, 11) is 6.99. The average molecular weight is 408 g/mol. The summed E-state index contributed by atoms with van der Waals surface area (Å²) in [5.41, 5.74) is 0.604. The Hall–Kier alpha value is -2.69. The molecule has 2 saturated heterocycles. The van der Waals surface area contributed by atoms with E-state index >= 15 is 0 Å². The molecule has 1 aromatic carbocycles. The predicted molar refractivity (Wildman–Crippen MR) is 99.0 cm³/mol. The van der Waals surface area contributed by atoms with Gasteiger partial charge in [0.2, 0.25) is 0 Å². The molecule has 0 spiro atoms. The highest BCUT2D eigenvalue weighted by Gasteiger charge is 2.62. The fraction of sp³-hybridized carbons (Fsp3) is 0.526. The summed E-state index contributed by atoms with van der Waals surface area (Å²) >= 11 is 0. The Morgan fingerprint density at radius 1 is 0.966 bits per heavy atom. The van der Waals surface area contributed by atoms with E-state index in [-0.39, 0.29) is 5.91 Å².